The number of benzene rings is 1. The lowest BCUT2D eigenvalue weighted by Crippen LogP contribution is -2.41. The second kappa shape index (κ2) is 5.66. The lowest BCUT2D eigenvalue weighted by atomic mass is 9.78. The molecule has 1 aromatic carbocycles. The highest BCUT2D eigenvalue weighted by atomic mass is 16.7. The van der Waals surface area contributed by atoms with E-state index in [4.69, 9.17) is 9.31 Å². The summed E-state index contributed by atoms with van der Waals surface area (Å²) in [5.41, 5.74) is 2.00. The Morgan fingerprint density at radius 3 is 2.18 bits per heavy atom. The predicted octanol–water partition coefficient (Wildman–Crippen LogP) is 2.80. The van der Waals surface area contributed by atoms with E-state index in [9.17, 15) is 0 Å². The summed E-state index contributed by atoms with van der Waals surface area (Å²) in [7, 11) is 1.96. The van der Waals surface area contributed by atoms with E-state index in [1.807, 2.05) is 0 Å². The molecule has 0 saturated carbocycles. The number of nitrogens with zero attached hydrogens (tertiary/aromatic N) is 1. The Kier molecular flexibility index (Phi) is 4.13. The molecular weight excluding hydrogens is 273 g/mol. The maximum Gasteiger partial charge on any atom is 0.494 e. The van der Waals surface area contributed by atoms with Gasteiger partial charge in [0.1, 0.15) is 0 Å². The molecular formula is C18H28BNO2. The summed E-state index contributed by atoms with van der Waals surface area (Å²) in [6.45, 7) is 10.8. The van der Waals surface area contributed by atoms with Gasteiger partial charge in [0.15, 0.2) is 0 Å². The minimum Gasteiger partial charge on any atom is -0.399 e. The van der Waals surface area contributed by atoms with Crippen LogP contribution in [0.25, 0.3) is 0 Å². The average molecular weight is 301 g/mol. The van der Waals surface area contributed by atoms with Crippen molar-refractivity contribution in [2.45, 2.75) is 57.7 Å². The highest BCUT2D eigenvalue weighted by Crippen LogP contribution is 2.36. The third-order valence-electron chi connectivity index (χ3n) is 5.56. The number of likely N-dealkylation sites (N-methyl/N-ethyl adjacent to an activating group) is 1. The van der Waals surface area contributed by atoms with Crippen LogP contribution in [-0.2, 0) is 9.31 Å². The summed E-state index contributed by atoms with van der Waals surface area (Å²) in [5.74, 6) is 0.658. The quantitative estimate of drug-likeness (QED) is 0.784. The van der Waals surface area contributed by atoms with Gasteiger partial charge in [0.25, 0.3) is 0 Å². The highest BCUT2D eigenvalue weighted by molar-refractivity contribution is 6.62. The number of hydrogen-bond acceptors (Lipinski definition) is 3. The van der Waals surface area contributed by atoms with Crippen molar-refractivity contribution >= 4 is 12.6 Å². The van der Waals surface area contributed by atoms with E-state index in [2.05, 4.69) is 63.9 Å². The second-order valence-corrected chi connectivity index (χ2v) is 7.86. The Balaban J connectivity index is 1.72. The summed E-state index contributed by atoms with van der Waals surface area (Å²) in [5, 5.41) is 0. The largest absolute Gasteiger partial charge is 0.494 e. The van der Waals surface area contributed by atoms with Crippen LogP contribution < -0.4 is 5.46 Å². The molecule has 0 radical (unpaired) electrons. The number of rotatable bonds is 2. The van der Waals surface area contributed by atoms with Crippen LogP contribution in [-0.4, -0.2) is 43.4 Å². The molecule has 4 heteroatoms. The van der Waals surface area contributed by atoms with E-state index >= 15 is 0 Å². The molecule has 0 N–H and O–H groups in total. The van der Waals surface area contributed by atoms with Gasteiger partial charge in [-0.15, -0.1) is 0 Å². The first-order valence-electron chi connectivity index (χ1n) is 8.42. The molecule has 22 heavy (non-hydrogen) atoms. The van der Waals surface area contributed by atoms with Crippen molar-refractivity contribution in [3.63, 3.8) is 0 Å². The third kappa shape index (κ3) is 2.97. The molecule has 0 unspecified atom stereocenters. The summed E-state index contributed by atoms with van der Waals surface area (Å²) >= 11 is 0. The minimum absolute atomic E-state index is 0.256. The first-order valence-corrected chi connectivity index (χ1v) is 8.42. The van der Waals surface area contributed by atoms with Crippen molar-refractivity contribution in [3.05, 3.63) is 29.8 Å². The fraction of sp³-hybridized carbons (Fsp3) is 0.667. The fourth-order valence-electron chi connectivity index (χ4n) is 3.34. The van der Waals surface area contributed by atoms with Crippen LogP contribution in [0.15, 0.2) is 24.3 Å². The smallest absolute Gasteiger partial charge is 0.399 e. The van der Waals surface area contributed by atoms with Crippen molar-refractivity contribution in [1.29, 1.82) is 0 Å². The minimum atomic E-state index is -0.275. The summed E-state index contributed by atoms with van der Waals surface area (Å²) in [6.07, 6.45) is 2.58. The van der Waals surface area contributed by atoms with Crippen molar-refractivity contribution in [3.8, 4) is 0 Å². The lowest BCUT2D eigenvalue weighted by Gasteiger charge is -2.32. The fourth-order valence-corrected chi connectivity index (χ4v) is 3.34. The molecule has 2 aliphatic rings. The Labute approximate surface area is 135 Å². The standard InChI is InChI=1S/C18H28BNO2/c1-17(2)18(3,4)22-19(21-17)16-10-8-14(9-11-16)15-7-6-12-20(5)13-15/h8-11,15H,6-7,12-13H2,1-5H3/t15-/m1/s1. The zero-order valence-corrected chi connectivity index (χ0v) is 14.6. The highest BCUT2D eigenvalue weighted by Gasteiger charge is 2.51. The van der Waals surface area contributed by atoms with Crippen LogP contribution in [0, 0.1) is 0 Å². The van der Waals surface area contributed by atoms with Crippen LogP contribution in [0.1, 0.15) is 52.0 Å². The van der Waals surface area contributed by atoms with E-state index < -0.39 is 0 Å². The maximum absolute atomic E-state index is 6.12. The molecule has 0 amide bonds. The van der Waals surface area contributed by atoms with Gasteiger partial charge in [-0.3, -0.25) is 0 Å². The molecule has 120 valence electrons. The molecule has 1 atom stereocenters. The van der Waals surface area contributed by atoms with Gasteiger partial charge in [-0.25, -0.2) is 0 Å². The Hall–Kier alpha value is -0.835. The van der Waals surface area contributed by atoms with Gasteiger partial charge in [0, 0.05) is 6.54 Å². The summed E-state index contributed by atoms with van der Waals surface area (Å²) in [6, 6.07) is 8.85. The average Bonchev–Trinajstić information content (AvgIpc) is 2.68. The molecule has 0 spiro atoms. The van der Waals surface area contributed by atoms with Gasteiger partial charge < -0.3 is 14.2 Å². The van der Waals surface area contributed by atoms with Gasteiger partial charge >= 0.3 is 7.12 Å². The van der Waals surface area contributed by atoms with Crippen LogP contribution in [0.3, 0.4) is 0 Å². The zero-order valence-electron chi connectivity index (χ0n) is 14.6. The molecule has 2 heterocycles. The molecule has 0 aromatic heterocycles. The van der Waals surface area contributed by atoms with Gasteiger partial charge in [-0.1, -0.05) is 24.3 Å². The van der Waals surface area contributed by atoms with Crippen molar-refractivity contribution in [2.24, 2.45) is 0 Å². The number of hydrogen-bond donors (Lipinski definition) is 0. The Morgan fingerprint density at radius 1 is 1.05 bits per heavy atom. The summed E-state index contributed by atoms with van der Waals surface area (Å²) in [4.78, 5) is 2.43. The first kappa shape index (κ1) is 16.0. The van der Waals surface area contributed by atoms with Crippen LogP contribution in [0.2, 0.25) is 0 Å². The van der Waals surface area contributed by atoms with Gasteiger partial charge in [-0.2, -0.15) is 0 Å². The monoisotopic (exact) mass is 301 g/mol. The Morgan fingerprint density at radius 2 is 1.64 bits per heavy atom. The molecule has 2 saturated heterocycles. The molecule has 3 rings (SSSR count). The van der Waals surface area contributed by atoms with Crippen molar-refractivity contribution in [2.75, 3.05) is 20.1 Å². The van der Waals surface area contributed by atoms with Crippen molar-refractivity contribution in [1.82, 2.24) is 4.90 Å². The Bertz CT molecular complexity index is 510. The van der Waals surface area contributed by atoms with E-state index in [1.54, 1.807) is 0 Å². The molecule has 3 nitrogen and oxygen atoms in total. The van der Waals surface area contributed by atoms with Gasteiger partial charge in [0.05, 0.1) is 11.2 Å². The third-order valence-corrected chi connectivity index (χ3v) is 5.56. The molecule has 0 bridgehead atoms. The summed E-state index contributed by atoms with van der Waals surface area (Å²) < 4.78 is 12.2. The van der Waals surface area contributed by atoms with Crippen LogP contribution in [0.5, 0.6) is 0 Å². The van der Waals surface area contributed by atoms with E-state index in [0.717, 1.165) is 12.0 Å². The normalized spacial score (nSPS) is 28.0. The maximum atomic E-state index is 6.12. The first-order chi connectivity index (χ1) is 10.3. The lowest BCUT2D eigenvalue weighted by molar-refractivity contribution is 0.00578. The molecule has 0 aliphatic carbocycles. The van der Waals surface area contributed by atoms with E-state index in [1.165, 1.54) is 24.9 Å². The molecule has 2 fully saturated rings. The zero-order chi connectivity index (χ0) is 16.0. The van der Waals surface area contributed by atoms with Crippen LogP contribution >= 0.6 is 0 Å². The SMILES string of the molecule is CN1CCC[C@@H](c2ccc(B3OC(C)(C)C(C)(C)O3)cc2)C1. The van der Waals surface area contributed by atoms with E-state index in [0.29, 0.717) is 5.92 Å². The topological polar surface area (TPSA) is 21.7 Å². The van der Waals surface area contributed by atoms with Crippen molar-refractivity contribution < 1.29 is 9.31 Å². The predicted molar refractivity (Wildman–Crippen MR) is 91.6 cm³/mol. The van der Waals surface area contributed by atoms with Gasteiger partial charge in [0.2, 0.25) is 0 Å². The number of piperidine rings is 1. The van der Waals surface area contributed by atoms with Gasteiger partial charge in [-0.05, 0) is 71.1 Å². The van der Waals surface area contributed by atoms with Crippen LogP contribution in [0.4, 0.5) is 0 Å². The molecule has 2 aliphatic heterocycles. The number of likely N-dealkylation sites (tertiary alicyclic amines) is 1. The molecule has 1 aromatic rings. The van der Waals surface area contributed by atoms with E-state index in [-0.39, 0.29) is 18.3 Å². The second-order valence-electron chi connectivity index (χ2n) is 7.86.